The van der Waals surface area contributed by atoms with Crippen LogP contribution < -0.4 is 0 Å². The first-order valence-corrected chi connectivity index (χ1v) is 2.41. The largest absolute Gasteiger partial charge is 0.343 e. The van der Waals surface area contributed by atoms with E-state index in [0.29, 0.717) is 0 Å². The molecule has 0 atom stereocenters. The summed E-state index contributed by atoms with van der Waals surface area (Å²) in [6.45, 7) is 14.7. The first-order chi connectivity index (χ1) is 3.06. The Hall–Kier alpha value is -0.260. The molecule has 0 aromatic rings. The predicted molar refractivity (Wildman–Crippen MR) is 33.1 cm³/mol. The summed E-state index contributed by atoms with van der Waals surface area (Å²) >= 11 is 0. The third-order valence-corrected chi connectivity index (χ3v) is 0.707. The van der Waals surface area contributed by atoms with Crippen molar-refractivity contribution in [1.82, 2.24) is 0 Å². The first kappa shape index (κ1) is 6.74. The molecular weight excluding hydrogens is 84.1 g/mol. The second kappa shape index (κ2) is 2.15. The van der Waals surface area contributed by atoms with Crippen molar-refractivity contribution in [3.8, 4) is 0 Å². The molecule has 40 valence electrons. The Bertz CT molecular complexity index is 38.5. The van der Waals surface area contributed by atoms with Crippen molar-refractivity contribution in [3.05, 3.63) is 27.7 Å². The Balaban J connectivity index is 3.15. The summed E-state index contributed by atoms with van der Waals surface area (Å²) in [6, 6.07) is 0. The molecule has 0 spiro atoms. The zero-order valence-corrected chi connectivity index (χ0v) is 4.74. The van der Waals surface area contributed by atoms with Crippen LogP contribution in [0.2, 0.25) is 0 Å². The van der Waals surface area contributed by atoms with E-state index in [1.165, 1.54) is 0 Å². The zero-order valence-electron chi connectivity index (χ0n) is 4.74. The van der Waals surface area contributed by atoms with Gasteiger partial charge in [-0.3, -0.25) is 0 Å². The summed E-state index contributed by atoms with van der Waals surface area (Å²) in [5.74, 6) is 0. The molecule has 7 heavy (non-hydrogen) atoms. The van der Waals surface area contributed by atoms with Gasteiger partial charge in [-0.15, -0.1) is 0 Å². The van der Waals surface area contributed by atoms with Gasteiger partial charge < -0.3 is 6.92 Å². The highest BCUT2D eigenvalue weighted by molar-refractivity contribution is 4.86. The van der Waals surface area contributed by atoms with Crippen LogP contribution in [-0.2, 0) is 0 Å². The van der Waals surface area contributed by atoms with E-state index in [9.17, 15) is 0 Å². The lowest BCUT2D eigenvalue weighted by Crippen LogP contribution is -2.04. The van der Waals surface area contributed by atoms with Crippen molar-refractivity contribution in [3.63, 3.8) is 0 Å². The van der Waals surface area contributed by atoms with Crippen LogP contribution in [0.25, 0.3) is 0 Å². The molecule has 0 aliphatic heterocycles. The average molecular weight is 96.2 g/mol. The van der Waals surface area contributed by atoms with Crippen LogP contribution in [0.4, 0.5) is 0 Å². The van der Waals surface area contributed by atoms with E-state index in [1.54, 1.807) is 0 Å². The smallest absolute Gasteiger partial charge is 0.116 e. The normalized spacial score (nSPS) is 11.7. The van der Waals surface area contributed by atoms with Gasteiger partial charge in [0, 0.05) is 0 Å². The van der Waals surface area contributed by atoms with Crippen molar-refractivity contribution < 1.29 is 0 Å². The SMILES string of the molecule is [CH2+]C([CH2+])([CH2-])CC[CH2-]. The highest BCUT2D eigenvalue weighted by Crippen LogP contribution is 2.17. The lowest BCUT2D eigenvalue weighted by Gasteiger charge is -2.09. The fourth-order valence-electron chi connectivity index (χ4n) is 0.375. The van der Waals surface area contributed by atoms with Crippen LogP contribution in [0.3, 0.4) is 0 Å². The minimum absolute atomic E-state index is 0.262. The Morgan fingerprint density at radius 2 is 1.86 bits per heavy atom. The maximum Gasteiger partial charge on any atom is 0.116 e. The molecule has 0 N–H and O–H groups in total. The maximum absolute atomic E-state index is 3.70. The molecule has 0 bridgehead atoms. The lowest BCUT2D eigenvalue weighted by molar-refractivity contribution is 0.556. The summed E-state index contributed by atoms with van der Waals surface area (Å²) in [4.78, 5) is 0. The predicted octanol–water partition coefficient (Wildman–Crippen LogP) is 2.09. The molecule has 0 nitrogen and oxygen atoms in total. The van der Waals surface area contributed by atoms with Gasteiger partial charge >= 0.3 is 0 Å². The first-order valence-electron chi connectivity index (χ1n) is 2.41. The summed E-state index contributed by atoms with van der Waals surface area (Å²) in [7, 11) is 0. The molecule has 0 heterocycles. The van der Waals surface area contributed by atoms with Gasteiger partial charge in [0.2, 0.25) is 0 Å². The summed E-state index contributed by atoms with van der Waals surface area (Å²) in [6.07, 6.45) is 1.77. The highest BCUT2D eigenvalue weighted by atomic mass is 14.1. The fourth-order valence-corrected chi connectivity index (χ4v) is 0.375. The molecule has 0 aliphatic rings. The van der Waals surface area contributed by atoms with Crippen molar-refractivity contribution in [1.29, 1.82) is 0 Å². The van der Waals surface area contributed by atoms with E-state index >= 15 is 0 Å². The van der Waals surface area contributed by atoms with Crippen LogP contribution in [0.15, 0.2) is 0 Å². The molecule has 0 saturated heterocycles. The molecule has 0 aliphatic carbocycles. The van der Waals surface area contributed by atoms with E-state index in [4.69, 9.17) is 0 Å². The summed E-state index contributed by atoms with van der Waals surface area (Å²) in [5, 5.41) is 0. The fraction of sp³-hybridized carbons (Fsp3) is 0.429. The number of hydrogen-bond donors (Lipinski definition) is 0. The number of hydrogen-bond acceptors (Lipinski definition) is 0. The molecule has 0 saturated carbocycles. The van der Waals surface area contributed by atoms with Gasteiger partial charge in [-0.1, -0.05) is 0 Å². The Morgan fingerprint density at radius 1 is 1.43 bits per heavy atom. The van der Waals surface area contributed by atoms with Gasteiger partial charge in [0.25, 0.3) is 0 Å². The van der Waals surface area contributed by atoms with Crippen LogP contribution in [0, 0.1) is 33.1 Å². The zero-order chi connectivity index (χ0) is 5.91. The Morgan fingerprint density at radius 3 is 1.86 bits per heavy atom. The Labute approximate surface area is 46.9 Å². The van der Waals surface area contributed by atoms with Crippen LogP contribution >= 0.6 is 0 Å². The van der Waals surface area contributed by atoms with Gasteiger partial charge in [0.1, 0.15) is 5.41 Å². The molecule has 0 aromatic carbocycles. The minimum Gasteiger partial charge on any atom is -0.343 e. The van der Waals surface area contributed by atoms with Gasteiger partial charge in [-0.05, 0) is 6.42 Å². The molecule has 0 unspecified atom stereocenters. The average Bonchev–Trinajstić information content (AvgIpc) is 1.30. The van der Waals surface area contributed by atoms with E-state index in [0.717, 1.165) is 12.8 Å². The summed E-state index contributed by atoms with van der Waals surface area (Å²) in [5.41, 5.74) is -0.262. The van der Waals surface area contributed by atoms with E-state index in [1.807, 2.05) is 0 Å². The van der Waals surface area contributed by atoms with E-state index in [-0.39, 0.29) is 5.41 Å². The lowest BCUT2D eigenvalue weighted by atomic mass is 9.91. The van der Waals surface area contributed by atoms with Gasteiger partial charge in [-0.2, -0.15) is 6.42 Å². The quantitative estimate of drug-likeness (QED) is 0.462. The van der Waals surface area contributed by atoms with E-state index < -0.39 is 0 Å². The van der Waals surface area contributed by atoms with Crippen molar-refractivity contribution >= 4 is 0 Å². The van der Waals surface area contributed by atoms with Crippen molar-refractivity contribution in [2.45, 2.75) is 12.8 Å². The molecule has 0 rings (SSSR count). The molecule has 0 fully saturated rings. The molecule has 0 aromatic heterocycles. The topological polar surface area (TPSA) is 0 Å². The third-order valence-electron chi connectivity index (χ3n) is 0.707. The second-order valence-electron chi connectivity index (χ2n) is 2.10. The monoisotopic (exact) mass is 96.1 g/mol. The molecular formula is C7H12. The van der Waals surface area contributed by atoms with Gasteiger partial charge in [0.05, 0.1) is 13.8 Å². The van der Waals surface area contributed by atoms with Crippen molar-refractivity contribution in [2.75, 3.05) is 0 Å². The molecule has 0 amide bonds. The van der Waals surface area contributed by atoms with Crippen LogP contribution in [0.5, 0.6) is 0 Å². The van der Waals surface area contributed by atoms with Crippen LogP contribution in [-0.4, -0.2) is 0 Å². The van der Waals surface area contributed by atoms with Crippen LogP contribution in [0.1, 0.15) is 12.8 Å². The second-order valence-corrected chi connectivity index (χ2v) is 2.10. The molecule has 0 radical (unpaired) electrons. The standard InChI is InChI=1S/C7H12/c1-5-6-7(2,3)4/h1-6H2. The minimum atomic E-state index is -0.262. The van der Waals surface area contributed by atoms with E-state index in [2.05, 4.69) is 27.7 Å². The van der Waals surface area contributed by atoms with Crippen molar-refractivity contribution in [2.24, 2.45) is 5.41 Å². The summed E-state index contributed by atoms with van der Waals surface area (Å²) < 4.78 is 0. The third kappa shape index (κ3) is 5.74. The van der Waals surface area contributed by atoms with Gasteiger partial charge in [0.15, 0.2) is 0 Å². The molecule has 0 heteroatoms. The highest BCUT2D eigenvalue weighted by Gasteiger charge is 2.13. The maximum atomic E-state index is 3.70. The number of rotatable bonds is 2. The van der Waals surface area contributed by atoms with Gasteiger partial charge in [-0.25, -0.2) is 6.92 Å². The Kier molecular flexibility index (Phi) is 2.07.